The summed E-state index contributed by atoms with van der Waals surface area (Å²) in [5.74, 6) is -0.791. The molecule has 0 amide bonds. The second-order valence-electron chi connectivity index (χ2n) is 4.11. The van der Waals surface area contributed by atoms with Gasteiger partial charge < -0.3 is 15.1 Å². The van der Waals surface area contributed by atoms with Crippen LogP contribution in [0.1, 0.15) is 19.8 Å². The Balaban J connectivity index is 2.45. The lowest BCUT2D eigenvalue weighted by molar-refractivity contribution is -0.140. The summed E-state index contributed by atoms with van der Waals surface area (Å²) < 4.78 is 9.09. The molecule has 1 atom stereocenters. The van der Waals surface area contributed by atoms with Gasteiger partial charge in [0.1, 0.15) is 11.3 Å². The second kappa shape index (κ2) is 6.21. The van der Waals surface area contributed by atoms with Crippen LogP contribution in [0, 0.1) is 0 Å². The zero-order chi connectivity index (χ0) is 13.6. The molecular weight excluding hydrogens is 233 g/mol. The largest absolute Gasteiger partial charge is 0.542 e. The predicted octanol–water partition coefficient (Wildman–Crippen LogP) is 0.716. The fourth-order valence-corrected chi connectivity index (χ4v) is 1.27. The van der Waals surface area contributed by atoms with E-state index in [0.29, 0.717) is 5.75 Å². The molecule has 18 heavy (non-hydrogen) atoms. The molecule has 0 unspecified atom stereocenters. The molecule has 0 bridgehead atoms. The Kier molecular flexibility index (Phi) is 4.91. The minimum atomic E-state index is -1.30. The molecule has 1 aromatic rings. The van der Waals surface area contributed by atoms with E-state index < -0.39 is 17.5 Å². The molecule has 2 N–H and O–H groups in total. The van der Waals surface area contributed by atoms with Gasteiger partial charge in [-0.3, -0.25) is 9.59 Å². The van der Waals surface area contributed by atoms with Crippen molar-refractivity contribution in [2.24, 2.45) is 5.73 Å². The van der Waals surface area contributed by atoms with Crippen molar-refractivity contribution >= 4 is 20.0 Å². The first-order valence-electron chi connectivity index (χ1n) is 5.41. The number of hydrogen-bond donors (Lipinski definition) is 1. The molecule has 0 aliphatic carbocycles. The van der Waals surface area contributed by atoms with Crippen LogP contribution in [0.2, 0.25) is 0 Å². The number of para-hydroxylation sites is 1. The van der Waals surface area contributed by atoms with E-state index in [4.69, 9.17) is 18.5 Å². The average Bonchev–Trinajstić information content (AvgIpc) is 2.36. The van der Waals surface area contributed by atoms with Crippen LogP contribution in [0.3, 0.4) is 0 Å². The molecule has 1 aromatic carbocycles. The van der Waals surface area contributed by atoms with Gasteiger partial charge in [-0.2, -0.15) is 0 Å². The molecule has 0 saturated heterocycles. The van der Waals surface area contributed by atoms with Gasteiger partial charge in [0.2, 0.25) is 0 Å². The molecule has 0 spiro atoms. The number of rotatable bonds is 5. The molecule has 6 heteroatoms. The molecule has 0 fully saturated rings. The third-order valence-electron chi connectivity index (χ3n) is 2.40. The molecule has 1 rings (SSSR count). The first kappa shape index (κ1) is 14.2. The average molecular weight is 247 g/mol. The van der Waals surface area contributed by atoms with Crippen molar-refractivity contribution in [1.29, 1.82) is 0 Å². The van der Waals surface area contributed by atoms with Crippen molar-refractivity contribution in [1.82, 2.24) is 0 Å². The van der Waals surface area contributed by atoms with Crippen molar-refractivity contribution in [2.45, 2.75) is 25.3 Å². The maximum atomic E-state index is 11.5. The standard InChI is InChI=1S/C12H14BNO4/c1-12(14,11(16)18-13)8-7-10(15)17-9-5-3-2-4-6-9/h2-6H,7-8,14H2,1H3/t12-/m0/s1. The highest BCUT2D eigenvalue weighted by Crippen LogP contribution is 2.14. The van der Waals surface area contributed by atoms with Crippen LogP contribution in [0.15, 0.2) is 30.3 Å². The lowest BCUT2D eigenvalue weighted by Gasteiger charge is -2.21. The number of esters is 1. The Hall–Kier alpha value is -1.82. The molecule has 0 saturated carbocycles. The lowest BCUT2D eigenvalue weighted by atomic mass is 9.97. The van der Waals surface area contributed by atoms with Gasteiger partial charge in [0.15, 0.2) is 0 Å². The van der Waals surface area contributed by atoms with Crippen LogP contribution in [0.25, 0.3) is 0 Å². The third kappa shape index (κ3) is 4.22. The second-order valence-corrected chi connectivity index (χ2v) is 4.11. The van der Waals surface area contributed by atoms with Crippen LogP contribution in [0.5, 0.6) is 5.75 Å². The zero-order valence-electron chi connectivity index (χ0n) is 10.1. The molecule has 5 nitrogen and oxygen atoms in total. The molecule has 2 radical (unpaired) electrons. The predicted molar refractivity (Wildman–Crippen MR) is 65.7 cm³/mol. The number of hydrogen-bond acceptors (Lipinski definition) is 5. The van der Waals surface area contributed by atoms with Crippen molar-refractivity contribution < 1.29 is 19.0 Å². The van der Waals surface area contributed by atoms with Crippen LogP contribution in [-0.2, 0) is 14.2 Å². The maximum absolute atomic E-state index is 11.5. The summed E-state index contributed by atoms with van der Waals surface area (Å²) in [6.45, 7) is 1.44. The topological polar surface area (TPSA) is 78.6 Å². The summed E-state index contributed by atoms with van der Waals surface area (Å²) >= 11 is 0. The number of nitrogens with two attached hydrogens (primary N) is 1. The molecule has 94 valence electrons. The quantitative estimate of drug-likeness (QED) is 0.471. The van der Waals surface area contributed by atoms with Crippen molar-refractivity contribution in [3.63, 3.8) is 0 Å². The minimum Gasteiger partial charge on any atom is -0.542 e. The van der Waals surface area contributed by atoms with Crippen LogP contribution in [0.4, 0.5) is 0 Å². The van der Waals surface area contributed by atoms with Crippen molar-refractivity contribution in [3.8, 4) is 5.75 Å². The van der Waals surface area contributed by atoms with E-state index in [1.165, 1.54) is 6.92 Å². The Morgan fingerprint density at radius 1 is 1.33 bits per heavy atom. The third-order valence-corrected chi connectivity index (χ3v) is 2.40. The van der Waals surface area contributed by atoms with Gasteiger partial charge in [-0.05, 0) is 25.5 Å². The van der Waals surface area contributed by atoms with Gasteiger partial charge in [0.25, 0.3) is 0 Å². The molecule has 0 aromatic heterocycles. The highest BCUT2D eigenvalue weighted by Gasteiger charge is 2.29. The molecular formula is C12H14BNO4. The summed E-state index contributed by atoms with van der Waals surface area (Å²) in [7, 11) is 4.74. The smallest absolute Gasteiger partial charge is 0.378 e. The fourth-order valence-electron chi connectivity index (χ4n) is 1.27. The van der Waals surface area contributed by atoms with Gasteiger partial charge in [-0.25, -0.2) is 0 Å². The van der Waals surface area contributed by atoms with E-state index in [9.17, 15) is 9.59 Å². The number of carbonyl (C=O) groups excluding carboxylic acids is 2. The van der Waals surface area contributed by atoms with E-state index in [1.54, 1.807) is 24.3 Å². The molecule has 0 heterocycles. The van der Waals surface area contributed by atoms with E-state index in [2.05, 4.69) is 4.65 Å². The van der Waals surface area contributed by atoms with E-state index in [1.807, 2.05) is 6.07 Å². The first-order valence-corrected chi connectivity index (χ1v) is 5.41. The number of ether oxygens (including phenoxy) is 1. The van der Waals surface area contributed by atoms with Crippen LogP contribution in [-0.4, -0.2) is 25.5 Å². The number of carbonyl (C=O) groups is 2. The molecule has 0 aliphatic heterocycles. The number of benzene rings is 1. The van der Waals surface area contributed by atoms with Gasteiger partial charge >= 0.3 is 20.0 Å². The van der Waals surface area contributed by atoms with Gasteiger partial charge in [0, 0.05) is 6.42 Å². The Morgan fingerprint density at radius 3 is 2.50 bits per heavy atom. The van der Waals surface area contributed by atoms with E-state index >= 15 is 0 Å². The Morgan fingerprint density at radius 2 is 1.94 bits per heavy atom. The summed E-state index contributed by atoms with van der Waals surface area (Å²) in [4.78, 5) is 22.7. The minimum absolute atomic E-state index is 0.00298. The van der Waals surface area contributed by atoms with Crippen LogP contribution < -0.4 is 10.5 Å². The van der Waals surface area contributed by atoms with E-state index in [0.717, 1.165) is 0 Å². The zero-order valence-corrected chi connectivity index (χ0v) is 10.1. The SMILES string of the molecule is [B]OC(=O)[C@@](C)(N)CCC(=O)Oc1ccccc1. The summed E-state index contributed by atoms with van der Waals surface area (Å²) in [5.41, 5.74) is 4.35. The normalized spacial score (nSPS) is 13.4. The molecule has 0 aliphatic rings. The Labute approximate surface area is 107 Å². The Bertz CT molecular complexity index is 419. The summed E-state index contributed by atoms with van der Waals surface area (Å²) in [5, 5.41) is 0. The fraction of sp³-hybridized carbons (Fsp3) is 0.333. The van der Waals surface area contributed by atoms with Crippen molar-refractivity contribution in [3.05, 3.63) is 30.3 Å². The van der Waals surface area contributed by atoms with Gasteiger partial charge in [-0.15, -0.1) is 0 Å². The maximum Gasteiger partial charge on any atom is 0.378 e. The summed E-state index contributed by atoms with van der Waals surface area (Å²) in [6, 6.07) is 8.63. The first-order chi connectivity index (χ1) is 8.45. The van der Waals surface area contributed by atoms with Crippen LogP contribution >= 0.6 is 0 Å². The highest BCUT2D eigenvalue weighted by atomic mass is 16.5. The highest BCUT2D eigenvalue weighted by molar-refractivity contribution is 6.07. The monoisotopic (exact) mass is 247 g/mol. The van der Waals surface area contributed by atoms with E-state index in [-0.39, 0.29) is 12.8 Å². The lowest BCUT2D eigenvalue weighted by Crippen LogP contribution is -2.46. The van der Waals surface area contributed by atoms with Gasteiger partial charge in [0.05, 0.1) is 0 Å². The van der Waals surface area contributed by atoms with Gasteiger partial charge in [-0.1, -0.05) is 18.2 Å². The van der Waals surface area contributed by atoms with Crippen molar-refractivity contribution in [2.75, 3.05) is 0 Å². The summed E-state index contributed by atoms with van der Waals surface area (Å²) in [6.07, 6.45) is 0.0890.